The zero-order chi connectivity index (χ0) is 22.1. The first-order valence-corrected chi connectivity index (χ1v) is 12.0. The number of hydrogen-bond acceptors (Lipinski definition) is 3. The highest BCUT2D eigenvalue weighted by molar-refractivity contribution is 9.10. The molecule has 0 bridgehead atoms. The van der Waals surface area contributed by atoms with E-state index in [0.29, 0.717) is 17.7 Å². The van der Waals surface area contributed by atoms with Gasteiger partial charge in [-0.1, -0.05) is 11.6 Å². The normalized spacial score (nSPS) is 20.7. The fraction of sp³-hybridized carbons (Fsp3) is 0.391. The van der Waals surface area contributed by atoms with Gasteiger partial charge in [0.1, 0.15) is 0 Å². The number of benzene rings is 1. The van der Waals surface area contributed by atoms with Crippen molar-refractivity contribution in [3.8, 4) is 5.69 Å². The summed E-state index contributed by atoms with van der Waals surface area (Å²) in [6, 6.07) is 6.33. The number of H-pyrrole nitrogens is 2. The number of nitrogens with one attached hydrogen (secondary N) is 2. The van der Waals surface area contributed by atoms with Crippen LogP contribution in [0.2, 0.25) is 5.02 Å². The summed E-state index contributed by atoms with van der Waals surface area (Å²) in [5.74, 6) is 0. The van der Waals surface area contributed by atoms with Crippen LogP contribution in [0.4, 0.5) is 0 Å². The van der Waals surface area contributed by atoms with Crippen LogP contribution in [-0.4, -0.2) is 26.5 Å². The molecule has 1 spiro atoms. The third kappa shape index (κ3) is 3.12. The molecule has 1 aliphatic carbocycles. The lowest BCUT2D eigenvalue weighted by Gasteiger charge is -2.49. The topological polar surface area (TPSA) is 56.8 Å². The van der Waals surface area contributed by atoms with Crippen LogP contribution < -0.4 is 5.56 Å². The van der Waals surface area contributed by atoms with Crippen LogP contribution >= 0.6 is 39.7 Å². The van der Waals surface area contributed by atoms with Gasteiger partial charge in [0.2, 0.25) is 0 Å². The van der Waals surface area contributed by atoms with E-state index >= 15 is 0 Å². The smallest absolute Gasteiger partial charge is 0.256 e. The molecule has 2 aliphatic rings. The van der Waals surface area contributed by atoms with Crippen molar-refractivity contribution in [1.82, 2.24) is 19.4 Å². The second-order valence-corrected chi connectivity index (χ2v) is 10.4. The van der Waals surface area contributed by atoms with Crippen molar-refractivity contribution in [3.63, 3.8) is 0 Å². The van der Waals surface area contributed by atoms with Crippen LogP contribution in [0.25, 0.3) is 5.69 Å². The highest BCUT2D eigenvalue weighted by Gasteiger charge is 2.46. The summed E-state index contributed by atoms with van der Waals surface area (Å²) in [5.41, 5.74) is 7.16. The monoisotopic (exact) mass is 518 g/mol. The number of nitrogens with zero attached hydrogens (tertiary/aromatic N) is 2. The SMILES string of the molecule is Cc1ccc(C)n1-c1cc(Cl)c2c(c1Br)C1(CCC2)Cc2[nH]c(=S)[nH]c(=O)c2CN1C. The maximum atomic E-state index is 12.5. The Morgan fingerprint density at radius 1 is 1.19 bits per heavy atom. The molecular formula is C23H24BrClN4OS. The minimum atomic E-state index is -0.264. The zero-order valence-electron chi connectivity index (χ0n) is 17.7. The molecule has 2 aromatic heterocycles. The Morgan fingerprint density at radius 2 is 1.90 bits per heavy atom. The lowest BCUT2D eigenvalue weighted by atomic mass is 9.70. The molecule has 3 aromatic rings. The number of aromatic nitrogens is 3. The molecule has 0 fully saturated rings. The number of halogens is 2. The second-order valence-electron chi connectivity index (χ2n) is 8.78. The summed E-state index contributed by atoms with van der Waals surface area (Å²) in [7, 11) is 2.11. The van der Waals surface area contributed by atoms with Gasteiger partial charge in [-0.2, -0.15) is 0 Å². The molecule has 1 aliphatic heterocycles. The molecule has 0 saturated heterocycles. The number of fused-ring (bicyclic) bond motifs is 3. The van der Waals surface area contributed by atoms with E-state index in [4.69, 9.17) is 23.8 Å². The van der Waals surface area contributed by atoms with Crippen molar-refractivity contribution in [3.05, 3.63) is 76.6 Å². The maximum Gasteiger partial charge on any atom is 0.256 e. The molecule has 5 nitrogen and oxygen atoms in total. The summed E-state index contributed by atoms with van der Waals surface area (Å²) in [4.78, 5) is 20.9. The van der Waals surface area contributed by atoms with Crippen LogP contribution in [0.5, 0.6) is 0 Å². The molecule has 1 aromatic carbocycles. The highest BCUT2D eigenvalue weighted by atomic mass is 79.9. The van der Waals surface area contributed by atoms with E-state index in [9.17, 15) is 4.79 Å². The summed E-state index contributed by atoms with van der Waals surface area (Å²) in [6.07, 6.45) is 3.68. The van der Waals surface area contributed by atoms with Gasteiger partial charge in [0.25, 0.3) is 5.56 Å². The van der Waals surface area contributed by atoms with Crippen molar-refractivity contribution in [2.24, 2.45) is 0 Å². The highest BCUT2D eigenvalue weighted by Crippen LogP contribution is 2.51. The predicted molar refractivity (Wildman–Crippen MR) is 130 cm³/mol. The van der Waals surface area contributed by atoms with E-state index < -0.39 is 0 Å². The first-order chi connectivity index (χ1) is 14.7. The third-order valence-electron chi connectivity index (χ3n) is 7.02. The molecule has 0 radical (unpaired) electrons. The molecule has 2 N–H and O–H groups in total. The predicted octanol–water partition coefficient (Wildman–Crippen LogP) is 5.48. The molecule has 0 amide bonds. The van der Waals surface area contributed by atoms with Gasteiger partial charge in [0.05, 0.1) is 16.8 Å². The molecule has 3 heterocycles. The number of hydrogen-bond donors (Lipinski definition) is 2. The minimum Gasteiger partial charge on any atom is -0.335 e. The van der Waals surface area contributed by atoms with Gasteiger partial charge in [-0.25, -0.2) is 0 Å². The Balaban J connectivity index is 1.79. The first-order valence-electron chi connectivity index (χ1n) is 10.4. The van der Waals surface area contributed by atoms with E-state index in [2.05, 4.69) is 74.5 Å². The van der Waals surface area contributed by atoms with Crippen LogP contribution in [-0.2, 0) is 24.9 Å². The summed E-state index contributed by atoms with van der Waals surface area (Å²) in [5, 5.41) is 0.804. The number of rotatable bonds is 1. The number of aryl methyl sites for hydroxylation is 2. The van der Waals surface area contributed by atoms with Gasteiger partial charge in [0, 0.05) is 39.5 Å². The summed E-state index contributed by atoms with van der Waals surface area (Å²) in [6.45, 7) is 4.78. The molecular weight excluding hydrogens is 496 g/mol. The van der Waals surface area contributed by atoms with E-state index in [0.717, 1.165) is 57.1 Å². The van der Waals surface area contributed by atoms with Crippen molar-refractivity contribution in [2.75, 3.05) is 7.05 Å². The third-order valence-corrected chi connectivity index (χ3v) is 8.36. The Hall–Kier alpha value is -1.67. The average Bonchev–Trinajstić information content (AvgIpc) is 3.04. The Kier molecular flexibility index (Phi) is 5.09. The van der Waals surface area contributed by atoms with Crippen LogP contribution in [0.1, 0.15) is 46.6 Å². The van der Waals surface area contributed by atoms with E-state index in [1.54, 1.807) is 0 Å². The fourth-order valence-corrected chi connectivity index (χ4v) is 6.93. The van der Waals surface area contributed by atoms with E-state index in [1.165, 1.54) is 11.1 Å². The lowest BCUT2D eigenvalue weighted by molar-refractivity contribution is 0.0714. The lowest BCUT2D eigenvalue weighted by Crippen LogP contribution is -2.52. The van der Waals surface area contributed by atoms with Gasteiger partial charge in [-0.15, -0.1) is 0 Å². The molecule has 1 unspecified atom stereocenters. The van der Waals surface area contributed by atoms with Gasteiger partial charge in [-0.05, 0) is 97.6 Å². The molecule has 8 heteroatoms. The van der Waals surface area contributed by atoms with Crippen molar-refractivity contribution in [1.29, 1.82) is 0 Å². The second kappa shape index (κ2) is 7.44. The van der Waals surface area contributed by atoms with Gasteiger partial charge in [-0.3, -0.25) is 14.7 Å². The fourth-order valence-electron chi connectivity index (χ4n) is 5.53. The van der Waals surface area contributed by atoms with Crippen molar-refractivity contribution >= 4 is 39.7 Å². The Bertz CT molecular complexity index is 1320. The van der Waals surface area contributed by atoms with Crippen LogP contribution in [0.3, 0.4) is 0 Å². The Morgan fingerprint density at radius 3 is 2.61 bits per heavy atom. The molecule has 1 atom stereocenters. The molecule has 0 saturated carbocycles. The quantitative estimate of drug-likeness (QED) is 0.419. The molecule has 162 valence electrons. The minimum absolute atomic E-state index is 0.0964. The summed E-state index contributed by atoms with van der Waals surface area (Å²) >= 11 is 16.2. The molecule has 31 heavy (non-hydrogen) atoms. The van der Waals surface area contributed by atoms with Crippen molar-refractivity contribution < 1.29 is 0 Å². The van der Waals surface area contributed by atoms with Crippen LogP contribution in [0, 0.1) is 18.6 Å². The number of likely N-dealkylation sites (N-methyl/N-ethyl adjacent to an activating group) is 1. The summed E-state index contributed by atoms with van der Waals surface area (Å²) < 4.78 is 3.70. The zero-order valence-corrected chi connectivity index (χ0v) is 20.9. The van der Waals surface area contributed by atoms with E-state index in [-0.39, 0.29) is 11.1 Å². The standard InChI is InChI=1S/C23H24BrClN4OS/c1-12-6-7-13(2)29(12)18-9-16(25)14-5-4-8-23(19(14)20(18)24)10-17-15(11-28(23)3)21(30)27-22(31)26-17/h6-7,9H,4-5,8,10-11H2,1-3H3,(H2,26,27,30,31). The molecule has 5 rings (SSSR count). The van der Waals surface area contributed by atoms with E-state index in [1.807, 2.05) is 0 Å². The van der Waals surface area contributed by atoms with Gasteiger partial charge >= 0.3 is 0 Å². The van der Waals surface area contributed by atoms with Gasteiger partial charge in [0.15, 0.2) is 4.77 Å². The largest absolute Gasteiger partial charge is 0.335 e. The number of aromatic amines is 2. The van der Waals surface area contributed by atoms with Crippen molar-refractivity contribution in [2.45, 2.75) is 51.6 Å². The van der Waals surface area contributed by atoms with Gasteiger partial charge < -0.3 is 9.55 Å². The first kappa shape index (κ1) is 21.2. The maximum absolute atomic E-state index is 12.5. The average molecular weight is 520 g/mol. The van der Waals surface area contributed by atoms with Crippen LogP contribution in [0.15, 0.2) is 27.5 Å². The Labute approximate surface area is 199 Å².